The van der Waals surface area contributed by atoms with Crippen LogP contribution < -0.4 is 0 Å². The molecule has 0 amide bonds. The number of aliphatic hydroxyl groups excluding tert-OH is 1. The molecule has 1 atom stereocenters. The third-order valence-corrected chi connectivity index (χ3v) is 3.69. The van der Waals surface area contributed by atoms with Gasteiger partial charge in [0.25, 0.3) is 0 Å². The number of aliphatic hydroxyl groups is 1. The molecular formula is C13H18O3S. The van der Waals surface area contributed by atoms with E-state index in [0.717, 1.165) is 4.90 Å². The Morgan fingerprint density at radius 2 is 2.12 bits per heavy atom. The lowest BCUT2D eigenvalue weighted by atomic mass is 10.1. The quantitative estimate of drug-likeness (QED) is 0.647. The van der Waals surface area contributed by atoms with Gasteiger partial charge in [-0.1, -0.05) is 6.07 Å². The van der Waals surface area contributed by atoms with E-state index < -0.39 is 6.10 Å². The van der Waals surface area contributed by atoms with Crippen molar-refractivity contribution in [3.05, 3.63) is 29.3 Å². The van der Waals surface area contributed by atoms with Gasteiger partial charge in [0.1, 0.15) is 0 Å². The molecule has 1 aromatic rings. The summed E-state index contributed by atoms with van der Waals surface area (Å²) in [5.74, 6) is 0.121. The lowest BCUT2D eigenvalue weighted by Crippen LogP contribution is -2.16. The summed E-state index contributed by atoms with van der Waals surface area (Å²) in [6.07, 6.45) is -0.608. The van der Waals surface area contributed by atoms with Crippen LogP contribution in [0, 0.1) is 13.8 Å². The molecule has 0 aliphatic carbocycles. The number of aryl methyl sites for hydroxylation is 2. The van der Waals surface area contributed by atoms with Crippen LogP contribution in [0.2, 0.25) is 0 Å². The minimum Gasteiger partial charge on any atom is -0.469 e. The molecule has 0 bridgehead atoms. The molecule has 1 aromatic carbocycles. The van der Waals surface area contributed by atoms with Gasteiger partial charge >= 0.3 is 5.97 Å². The lowest BCUT2D eigenvalue weighted by Gasteiger charge is -2.09. The van der Waals surface area contributed by atoms with Gasteiger partial charge in [-0.25, -0.2) is 0 Å². The number of hydrogen-bond acceptors (Lipinski definition) is 4. The third kappa shape index (κ3) is 4.79. The first kappa shape index (κ1) is 14.1. The van der Waals surface area contributed by atoms with E-state index in [1.165, 1.54) is 18.2 Å². The van der Waals surface area contributed by atoms with Gasteiger partial charge in [-0.2, -0.15) is 0 Å². The van der Waals surface area contributed by atoms with Crippen LogP contribution in [0.1, 0.15) is 17.5 Å². The molecular weight excluding hydrogens is 236 g/mol. The maximum absolute atomic E-state index is 10.9. The first-order chi connectivity index (χ1) is 8.02. The Morgan fingerprint density at radius 1 is 1.41 bits per heavy atom. The van der Waals surface area contributed by atoms with E-state index in [4.69, 9.17) is 0 Å². The number of benzene rings is 1. The minimum atomic E-state index is -0.658. The molecule has 0 heterocycles. The van der Waals surface area contributed by atoms with E-state index in [0.29, 0.717) is 5.75 Å². The number of esters is 1. The van der Waals surface area contributed by atoms with Gasteiger partial charge in [0, 0.05) is 10.6 Å². The van der Waals surface area contributed by atoms with Crippen LogP contribution in [0.5, 0.6) is 0 Å². The van der Waals surface area contributed by atoms with Crippen molar-refractivity contribution in [3.63, 3.8) is 0 Å². The fraction of sp³-hybridized carbons (Fsp3) is 0.462. The van der Waals surface area contributed by atoms with E-state index in [2.05, 4.69) is 30.7 Å². The van der Waals surface area contributed by atoms with E-state index in [1.54, 1.807) is 11.8 Å². The summed E-state index contributed by atoms with van der Waals surface area (Å²) in [6, 6.07) is 6.17. The van der Waals surface area contributed by atoms with Crippen LogP contribution in [0.15, 0.2) is 23.1 Å². The third-order valence-electron chi connectivity index (χ3n) is 2.55. The normalized spacial score (nSPS) is 12.2. The molecule has 0 aliphatic heterocycles. The van der Waals surface area contributed by atoms with Crippen LogP contribution >= 0.6 is 11.8 Å². The van der Waals surface area contributed by atoms with Crippen molar-refractivity contribution < 1.29 is 14.6 Å². The van der Waals surface area contributed by atoms with Crippen LogP contribution in [0.25, 0.3) is 0 Å². The molecule has 0 aromatic heterocycles. The van der Waals surface area contributed by atoms with Gasteiger partial charge in [-0.15, -0.1) is 11.8 Å². The fourth-order valence-corrected chi connectivity index (χ4v) is 2.26. The van der Waals surface area contributed by atoms with Gasteiger partial charge in [0.05, 0.1) is 19.6 Å². The van der Waals surface area contributed by atoms with Crippen LogP contribution in [0.4, 0.5) is 0 Å². The van der Waals surface area contributed by atoms with Crippen molar-refractivity contribution in [2.75, 3.05) is 12.9 Å². The predicted molar refractivity (Wildman–Crippen MR) is 69.3 cm³/mol. The molecule has 0 aliphatic rings. The Balaban J connectivity index is 2.44. The Bertz CT molecular complexity index is 390. The first-order valence-corrected chi connectivity index (χ1v) is 6.46. The molecule has 17 heavy (non-hydrogen) atoms. The van der Waals surface area contributed by atoms with Crippen molar-refractivity contribution in [2.24, 2.45) is 0 Å². The van der Waals surface area contributed by atoms with Gasteiger partial charge in [-0.3, -0.25) is 4.79 Å². The maximum atomic E-state index is 10.9. The average molecular weight is 254 g/mol. The second-order valence-electron chi connectivity index (χ2n) is 3.99. The minimum absolute atomic E-state index is 0.0499. The molecule has 0 spiro atoms. The Morgan fingerprint density at radius 3 is 2.71 bits per heavy atom. The zero-order valence-electron chi connectivity index (χ0n) is 10.4. The molecule has 0 fully saturated rings. The molecule has 0 radical (unpaired) electrons. The highest BCUT2D eigenvalue weighted by Gasteiger charge is 2.11. The summed E-state index contributed by atoms with van der Waals surface area (Å²) >= 11 is 1.55. The average Bonchev–Trinajstić information content (AvgIpc) is 2.30. The molecule has 3 nitrogen and oxygen atoms in total. The number of methoxy groups -OCH3 is 1. The molecule has 4 heteroatoms. The van der Waals surface area contributed by atoms with E-state index >= 15 is 0 Å². The topological polar surface area (TPSA) is 46.5 Å². The number of thioether (sulfide) groups is 1. The number of ether oxygens (including phenoxy) is 1. The van der Waals surface area contributed by atoms with E-state index in [9.17, 15) is 9.90 Å². The highest BCUT2D eigenvalue weighted by Crippen LogP contribution is 2.22. The lowest BCUT2D eigenvalue weighted by molar-refractivity contribution is -0.142. The summed E-state index contributed by atoms with van der Waals surface area (Å²) < 4.78 is 4.50. The highest BCUT2D eigenvalue weighted by atomic mass is 32.2. The second kappa shape index (κ2) is 6.67. The molecule has 0 saturated carbocycles. The van der Waals surface area contributed by atoms with Crippen LogP contribution in [-0.2, 0) is 9.53 Å². The van der Waals surface area contributed by atoms with Crippen molar-refractivity contribution >= 4 is 17.7 Å². The van der Waals surface area contributed by atoms with Crippen LogP contribution in [-0.4, -0.2) is 30.0 Å². The zero-order chi connectivity index (χ0) is 12.8. The van der Waals surface area contributed by atoms with E-state index in [-0.39, 0.29) is 12.4 Å². The monoisotopic (exact) mass is 254 g/mol. The highest BCUT2D eigenvalue weighted by molar-refractivity contribution is 7.99. The second-order valence-corrected chi connectivity index (χ2v) is 5.08. The number of carbonyl (C=O) groups is 1. The van der Waals surface area contributed by atoms with Crippen molar-refractivity contribution in [3.8, 4) is 0 Å². The number of carbonyl (C=O) groups excluding carboxylic acids is 1. The van der Waals surface area contributed by atoms with Gasteiger partial charge in [0.2, 0.25) is 0 Å². The number of rotatable bonds is 5. The number of hydrogen-bond donors (Lipinski definition) is 1. The summed E-state index contributed by atoms with van der Waals surface area (Å²) in [6.45, 7) is 4.13. The van der Waals surface area contributed by atoms with Crippen molar-refractivity contribution in [2.45, 2.75) is 31.3 Å². The van der Waals surface area contributed by atoms with Gasteiger partial charge in [-0.05, 0) is 37.1 Å². The first-order valence-electron chi connectivity index (χ1n) is 5.48. The van der Waals surface area contributed by atoms with Crippen molar-refractivity contribution in [1.82, 2.24) is 0 Å². The van der Waals surface area contributed by atoms with Crippen LogP contribution in [0.3, 0.4) is 0 Å². The van der Waals surface area contributed by atoms with Gasteiger partial charge in [0.15, 0.2) is 0 Å². The molecule has 1 rings (SSSR count). The molecule has 94 valence electrons. The Kier molecular flexibility index (Phi) is 5.51. The predicted octanol–water partition coefficient (Wildman–Crippen LogP) is 2.32. The SMILES string of the molecule is COC(=O)C[C@@H](O)CSc1ccc(C)c(C)c1. The fourth-order valence-electron chi connectivity index (χ4n) is 1.33. The Labute approximate surface area is 106 Å². The zero-order valence-corrected chi connectivity index (χ0v) is 11.2. The maximum Gasteiger partial charge on any atom is 0.308 e. The van der Waals surface area contributed by atoms with Gasteiger partial charge < -0.3 is 9.84 Å². The molecule has 1 N–H and O–H groups in total. The summed E-state index contributed by atoms with van der Waals surface area (Å²) in [5.41, 5.74) is 2.49. The standard InChI is InChI=1S/C13H18O3S/c1-9-4-5-12(6-10(9)2)17-8-11(14)7-13(15)16-3/h4-6,11,14H,7-8H2,1-3H3/t11-/m1/s1. The summed E-state index contributed by atoms with van der Waals surface area (Å²) in [7, 11) is 1.32. The summed E-state index contributed by atoms with van der Waals surface area (Å²) in [4.78, 5) is 12.0. The largest absolute Gasteiger partial charge is 0.469 e. The summed E-state index contributed by atoms with van der Waals surface area (Å²) in [5, 5.41) is 9.61. The van der Waals surface area contributed by atoms with Crippen molar-refractivity contribution in [1.29, 1.82) is 0 Å². The molecule has 0 saturated heterocycles. The molecule has 0 unspecified atom stereocenters. The Hall–Kier alpha value is -1.00. The van der Waals surface area contributed by atoms with E-state index in [1.807, 2.05) is 6.07 Å². The smallest absolute Gasteiger partial charge is 0.308 e.